The lowest BCUT2D eigenvalue weighted by Crippen LogP contribution is -2.25. The van der Waals surface area contributed by atoms with Crippen molar-refractivity contribution >= 4 is 11.3 Å². The van der Waals surface area contributed by atoms with Gasteiger partial charge in [0.2, 0.25) is 0 Å². The van der Waals surface area contributed by atoms with Crippen molar-refractivity contribution in [2.45, 2.75) is 12.8 Å². The summed E-state index contributed by atoms with van der Waals surface area (Å²) in [5.41, 5.74) is 9.34. The Morgan fingerprint density at radius 3 is 2.67 bits per heavy atom. The molecule has 4 rings (SSSR count). The summed E-state index contributed by atoms with van der Waals surface area (Å²) in [6.45, 7) is 4.06. The zero-order valence-corrected chi connectivity index (χ0v) is 13.7. The molecule has 3 aromatic rings. The number of nitrogens with zero attached hydrogens (tertiary/aromatic N) is 3. The molecule has 0 amide bonds. The van der Waals surface area contributed by atoms with Gasteiger partial charge < -0.3 is 14.9 Å². The van der Waals surface area contributed by atoms with Gasteiger partial charge in [-0.15, -0.1) is 0 Å². The molecule has 0 bridgehead atoms. The van der Waals surface area contributed by atoms with E-state index in [0.29, 0.717) is 6.61 Å². The van der Waals surface area contributed by atoms with Crippen molar-refractivity contribution in [3.8, 4) is 17.0 Å². The molecule has 1 fully saturated rings. The summed E-state index contributed by atoms with van der Waals surface area (Å²) < 4.78 is 8.02. The maximum Gasteiger partial charge on any atom is 0.180 e. The fourth-order valence-electron chi connectivity index (χ4n) is 3.18. The van der Waals surface area contributed by atoms with Gasteiger partial charge in [-0.3, -0.25) is 4.90 Å². The number of nitrogens with two attached hydrogens (primary N) is 1. The lowest BCUT2D eigenvalue weighted by molar-refractivity contribution is 0.239. The molecule has 0 spiro atoms. The monoisotopic (exact) mass is 322 g/mol. The molecular weight excluding hydrogens is 300 g/mol. The van der Waals surface area contributed by atoms with Crippen molar-refractivity contribution in [3.05, 3.63) is 48.8 Å². The topological polar surface area (TPSA) is 55.8 Å². The number of aromatic nitrogens is 2. The first-order chi connectivity index (χ1) is 11.8. The van der Waals surface area contributed by atoms with Gasteiger partial charge in [-0.25, -0.2) is 4.98 Å². The summed E-state index contributed by atoms with van der Waals surface area (Å²) >= 11 is 0. The lowest BCUT2D eigenvalue weighted by Gasteiger charge is -2.15. The first-order valence-electron chi connectivity index (χ1n) is 8.48. The van der Waals surface area contributed by atoms with Gasteiger partial charge in [0, 0.05) is 30.2 Å². The predicted molar refractivity (Wildman–Crippen MR) is 96.2 cm³/mol. The summed E-state index contributed by atoms with van der Waals surface area (Å²) in [5.74, 6) is 0.832. The Kier molecular flexibility index (Phi) is 4.09. The molecule has 2 N–H and O–H groups in total. The first-order valence-corrected chi connectivity index (χ1v) is 8.48. The van der Waals surface area contributed by atoms with E-state index in [1.165, 1.54) is 25.9 Å². The first kappa shape index (κ1) is 15.0. The Bertz CT molecular complexity index is 819. The Labute approximate surface area is 141 Å². The van der Waals surface area contributed by atoms with Gasteiger partial charge in [-0.05, 0) is 50.2 Å². The van der Waals surface area contributed by atoms with Crippen LogP contribution in [0.15, 0.2) is 48.8 Å². The molecule has 1 aromatic carbocycles. The van der Waals surface area contributed by atoms with E-state index in [4.69, 9.17) is 15.5 Å². The van der Waals surface area contributed by atoms with Crippen molar-refractivity contribution in [3.63, 3.8) is 0 Å². The molecule has 24 heavy (non-hydrogen) atoms. The van der Waals surface area contributed by atoms with Crippen LogP contribution in [0.4, 0.5) is 5.69 Å². The van der Waals surface area contributed by atoms with Crippen LogP contribution in [0.2, 0.25) is 0 Å². The molecule has 0 atom stereocenters. The van der Waals surface area contributed by atoms with Crippen molar-refractivity contribution in [1.29, 1.82) is 0 Å². The second-order valence-electron chi connectivity index (χ2n) is 6.25. The number of benzene rings is 1. The van der Waals surface area contributed by atoms with Gasteiger partial charge in [0.1, 0.15) is 6.61 Å². The summed E-state index contributed by atoms with van der Waals surface area (Å²) in [6, 6.07) is 11.8. The number of nitrogen functional groups attached to an aromatic ring is 1. The van der Waals surface area contributed by atoms with Gasteiger partial charge in [-0.2, -0.15) is 0 Å². The number of pyridine rings is 1. The van der Waals surface area contributed by atoms with Crippen molar-refractivity contribution in [2.75, 3.05) is 32.0 Å². The van der Waals surface area contributed by atoms with E-state index in [9.17, 15) is 0 Å². The standard InChI is InChI=1S/C19H22N4O/c20-16-7-5-15(6-8-16)17-14-23-11-3-4-18(19(23)21-17)24-13-12-22-9-1-2-10-22/h3-8,11,14H,1-2,9-10,12-13,20H2. The highest BCUT2D eigenvalue weighted by molar-refractivity contribution is 5.67. The van der Waals surface area contributed by atoms with Crippen molar-refractivity contribution in [1.82, 2.24) is 14.3 Å². The Morgan fingerprint density at radius 1 is 1.08 bits per heavy atom. The number of hydrogen-bond donors (Lipinski definition) is 1. The number of likely N-dealkylation sites (tertiary alicyclic amines) is 1. The minimum atomic E-state index is 0.698. The van der Waals surface area contributed by atoms with Crippen LogP contribution in [0.5, 0.6) is 5.75 Å². The van der Waals surface area contributed by atoms with Gasteiger partial charge in [0.15, 0.2) is 11.4 Å². The van der Waals surface area contributed by atoms with E-state index in [2.05, 4.69) is 4.90 Å². The van der Waals surface area contributed by atoms with Crippen LogP contribution in [0.3, 0.4) is 0 Å². The third-order valence-electron chi connectivity index (χ3n) is 4.52. The molecule has 1 aliphatic heterocycles. The second kappa shape index (κ2) is 6.53. The Morgan fingerprint density at radius 2 is 1.88 bits per heavy atom. The van der Waals surface area contributed by atoms with Gasteiger partial charge in [0.05, 0.1) is 5.69 Å². The molecule has 2 aromatic heterocycles. The number of rotatable bonds is 5. The van der Waals surface area contributed by atoms with Gasteiger partial charge in [-0.1, -0.05) is 12.1 Å². The maximum atomic E-state index is 6.00. The third-order valence-corrected chi connectivity index (χ3v) is 4.52. The summed E-state index contributed by atoms with van der Waals surface area (Å²) in [6.07, 6.45) is 6.63. The van der Waals surface area contributed by atoms with E-state index in [1.807, 2.05) is 53.2 Å². The van der Waals surface area contributed by atoms with Gasteiger partial charge in [0.25, 0.3) is 0 Å². The van der Waals surface area contributed by atoms with Crippen molar-refractivity contribution in [2.24, 2.45) is 0 Å². The van der Waals surface area contributed by atoms with Crippen LogP contribution in [0.1, 0.15) is 12.8 Å². The van der Waals surface area contributed by atoms with Crippen molar-refractivity contribution < 1.29 is 4.74 Å². The zero-order chi connectivity index (χ0) is 16.4. The molecule has 0 radical (unpaired) electrons. The molecule has 5 nitrogen and oxygen atoms in total. The number of anilines is 1. The fraction of sp³-hybridized carbons (Fsp3) is 0.316. The molecule has 5 heteroatoms. The molecule has 1 saturated heterocycles. The second-order valence-corrected chi connectivity index (χ2v) is 6.25. The van der Waals surface area contributed by atoms with E-state index < -0.39 is 0 Å². The molecular formula is C19H22N4O. The van der Waals surface area contributed by atoms with E-state index >= 15 is 0 Å². The third kappa shape index (κ3) is 3.08. The van der Waals surface area contributed by atoms with E-state index in [1.54, 1.807) is 0 Å². The normalized spacial score (nSPS) is 15.2. The predicted octanol–water partition coefficient (Wildman–Crippen LogP) is 3.06. The fourth-order valence-corrected chi connectivity index (χ4v) is 3.18. The Balaban J connectivity index is 1.54. The minimum Gasteiger partial charge on any atom is -0.488 e. The van der Waals surface area contributed by atoms with E-state index in [-0.39, 0.29) is 0 Å². The molecule has 0 unspecified atom stereocenters. The molecule has 3 heterocycles. The average molecular weight is 322 g/mol. The molecule has 1 aliphatic rings. The molecule has 0 saturated carbocycles. The Hall–Kier alpha value is -2.53. The summed E-state index contributed by atoms with van der Waals surface area (Å²) in [4.78, 5) is 7.20. The van der Waals surface area contributed by atoms with Crippen LogP contribution in [0.25, 0.3) is 16.9 Å². The van der Waals surface area contributed by atoms with Crippen LogP contribution >= 0.6 is 0 Å². The number of imidazole rings is 1. The van der Waals surface area contributed by atoms with Crippen LogP contribution in [0, 0.1) is 0 Å². The highest BCUT2D eigenvalue weighted by Gasteiger charge is 2.12. The zero-order valence-electron chi connectivity index (χ0n) is 13.7. The van der Waals surface area contributed by atoms with E-state index in [0.717, 1.165) is 34.9 Å². The smallest absolute Gasteiger partial charge is 0.180 e. The number of ether oxygens (including phenoxy) is 1. The van der Waals surface area contributed by atoms with Gasteiger partial charge >= 0.3 is 0 Å². The van der Waals surface area contributed by atoms with Crippen LogP contribution in [-0.2, 0) is 0 Å². The summed E-state index contributed by atoms with van der Waals surface area (Å²) in [7, 11) is 0. The summed E-state index contributed by atoms with van der Waals surface area (Å²) in [5, 5.41) is 0. The molecule has 124 valence electrons. The minimum absolute atomic E-state index is 0.698. The number of fused-ring (bicyclic) bond motifs is 1. The maximum absolute atomic E-state index is 6.00. The van der Waals surface area contributed by atoms with Crippen LogP contribution < -0.4 is 10.5 Å². The average Bonchev–Trinajstić information content (AvgIpc) is 3.25. The quantitative estimate of drug-likeness (QED) is 0.734. The lowest BCUT2D eigenvalue weighted by atomic mass is 10.1. The highest BCUT2D eigenvalue weighted by Crippen LogP contribution is 2.25. The SMILES string of the molecule is Nc1ccc(-c2cn3cccc(OCCN4CCCC4)c3n2)cc1. The largest absolute Gasteiger partial charge is 0.488 e. The van der Waals surface area contributed by atoms with Crippen LogP contribution in [-0.4, -0.2) is 40.5 Å². The molecule has 0 aliphatic carbocycles. The highest BCUT2D eigenvalue weighted by atomic mass is 16.5. The number of hydrogen-bond acceptors (Lipinski definition) is 4.